The molecule has 11 heteroatoms. The molecule has 5 nitrogen and oxygen atoms in total. The van der Waals surface area contributed by atoms with Gasteiger partial charge in [0.1, 0.15) is 22.7 Å². The molecule has 0 saturated heterocycles. The molecule has 26 heavy (non-hydrogen) atoms. The molecule has 0 atom stereocenters. The summed E-state index contributed by atoms with van der Waals surface area (Å²) in [5.74, 6) is -2.35. The fraction of sp³-hybridized carbons (Fsp3) is 0.333. The Labute approximate surface area is 142 Å². The monoisotopic (exact) mass is 383 g/mol. The van der Waals surface area contributed by atoms with E-state index in [1.165, 1.54) is 6.92 Å². The Balaban J connectivity index is 2.54. The standard InChI is InChI=1S/C15H11F6NO4/c1-7-2-10(13(23)24)22-12-9(7)3-8(25-5-14(16,17)18)4-11(12)26-6-15(19,20)21/h2-4H,5-6H2,1H3,(H,23,24). The van der Waals surface area contributed by atoms with Crippen LogP contribution < -0.4 is 9.47 Å². The molecule has 1 aromatic carbocycles. The van der Waals surface area contributed by atoms with Gasteiger partial charge in [0.05, 0.1) is 0 Å². The number of halogens is 6. The van der Waals surface area contributed by atoms with Crippen molar-refractivity contribution in [1.82, 2.24) is 4.98 Å². The molecule has 0 saturated carbocycles. The first-order valence-corrected chi connectivity index (χ1v) is 6.93. The van der Waals surface area contributed by atoms with Crippen molar-refractivity contribution >= 4 is 16.9 Å². The summed E-state index contributed by atoms with van der Waals surface area (Å²) in [5, 5.41) is 9.12. The second-order valence-corrected chi connectivity index (χ2v) is 5.25. The summed E-state index contributed by atoms with van der Waals surface area (Å²) in [5.41, 5.74) is -0.413. The molecule has 0 unspecified atom stereocenters. The van der Waals surface area contributed by atoms with E-state index in [0.717, 1.165) is 18.2 Å². The average Bonchev–Trinajstić information content (AvgIpc) is 2.49. The van der Waals surface area contributed by atoms with Crippen LogP contribution in [0.1, 0.15) is 16.1 Å². The van der Waals surface area contributed by atoms with E-state index in [9.17, 15) is 31.1 Å². The number of ether oxygens (including phenoxy) is 2. The predicted octanol–water partition coefficient (Wildman–Crippen LogP) is 4.12. The second-order valence-electron chi connectivity index (χ2n) is 5.25. The van der Waals surface area contributed by atoms with Crippen molar-refractivity contribution < 1.29 is 45.7 Å². The molecule has 0 amide bonds. The minimum Gasteiger partial charge on any atom is -0.484 e. The number of benzene rings is 1. The van der Waals surface area contributed by atoms with Gasteiger partial charge in [0, 0.05) is 11.5 Å². The van der Waals surface area contributed by atoms with Gasteiger partial charge in [0.15, 0.2) is 13.2 Å². The lowest BCUT2D eigenvalue weighted by Gasteiger charge is -2.15. The molecule has 0 aliphatic carbocycles. The lowest BCUT2D eigenvalue weighted by molar-refractivity contribution is -0.153. The number of rotatable bonds is 5. The zero-order valence-electron chi connectivity index (χ0n) is 13.0. The van der Waals surface area contributed by atoms with E-state index < -0.39 is 43.0 Å². The first-order chi connectivity index (χ1) is 11.9. The summed E-state index contributed by atoms with van der Waals surface area (Å²) in [6.07, 6.45) is -9.36. The fourth-order valence-corrected chi connectivity index (χ4v) is 2.06. The largest absolute Gasteiger partial charge is 0.484 e. The molecular weight excluding hydrogens is 372 g/mol. The summed E-state index contributed by atoms with van der Waals surface area (Å²) in [6.45, 7) is -1.96. The topological polar surface area (TPSA) is 68.7 Å². The van der Waals surface area contributed by atoms with Crippen LogP contribution in [0.15, 0.2) is 18.2 Å². The maximum atomic E-state index is 12.4. The quantitative estimate of drug-likeness (QED) is 0.787. The summed E-state index contributed by atoms with van der Waals surface area (Å²) in [4.78, 5) is 14.8. The van der Waals surface area contributed by atoms with Crippen LogP contribution in [0.2, 0.25) is 0 Å². The Morgan fingerprint density at radius 2 is 1.62 bits per heavy atom. The van der Waals surface area contributed by atoms with E-state index in [0.29, 0.717) is 0 Å². The molecule has 1 N–H and O–H groups in total. The maximum absolute atomic E-state index is 12.4. The highest BCUT2D eigenvalue weighted by Gasteiger charge is 2.30. The molecular formula is C15H11F6NO4. The number of aromatic nitrogens is 1. The Kier molecular flexibility index (Phi) is 5.19. The molecule has 142 valence electrons. The Morgan fingerprint density at radius 1 is 1.04 bits per heavy atom. The number of alkyl halides is 6. The van der Waals surface area contributed by atoms with E-state index >= 15 is 0 Å². The molecule has 2 rings (SSSR count). The first kappa shape index (κ1) is 19.6. The third kappa shape index (κ3) is 5.14. The summed E-state index contributed by atoms with van der Waals surface area (Å²) in [7, 11) is 0. The van der Waals surface area contributed by atoms with Crippen LogP contribution in [0.25, 0.3) is 10.9 Å². The molecule has 0 radical (unpaired) electrons. The molecule has 1 heterocycles. The van der Waals surface area contributed by atoms with Gasteiger partial charge in [-0.05, 0) is 24.6 Å². The van der Waals surface area contributed by atoms with Crippen LogP contribution in [0, 0.1) is 6.92 Å². The minimum absolute atomic E-state index is 0.104. The number of carboxylic acids is 1. The van der Waals surface area contributed by atoms with Crippen molar-refractivity contribution in [2.75, 3.05) is 13.2 Å². The number of hydrogen-bond donors (Lipinski definition) is 1. The van der Waals surface area contributed by atoms with E-state index in [1.54, 1.807) is 0 Å². The molecule has 1 aromatic heterocycles. The number of carbonyl (C=O) groups is 1. The van der Waals surface area contributed by atoms with E-state index in [1.807, 2.05) is 0 Å². The number of pyridine rings is 1. The van der Waals surface area contributed by atoms with Crippen molar-refractivity contribution in [2.45, 2.75) is 19.3 Å². The Bertz CT molecular complexity index is 831. The highest BCUT2D eigenvalue weighted by molar-refractivity contribution is 5.94. The van der Waals surface area contributed by atoms with Gasteiger partial charge in [0.2, 0.25) is 0 Å². The predicted molar refractivity (Wildman–Crippen MR) is 76.5 cm³/mol. The van der Waals surface area contributed by atoms with Gasteiger partial charge in [-0.2, -0.15) is 26.3 Å². The zero-order chi connectivity index (χ0) is 19.7. The van der Waals surface area contributed by atoms with Gasteiger partial charge < -0.3 is 14.6 Å². The number of nitrogens with zero attached hydrogens (tertiary/aromatic N) is 1. The van der Waals surface area contributed by atoms with Crippen LogP contribution in [0.5, 0.6) is 11.5 Å². The van der Waals surface area contributed by atoms with E-state index in [2.05, 4.69) is 14.5 Å². The van der Waals surface area contributed by atoms with Crippen molar-refractivity contribution in [3.8, 4) is 11.5 Å². The number of hydrogen-bond acceptors (Lipinski definition) is 4. The van der Waals surface area contributed by atoms with Gasteiger partial charge in [-0.25, -0.2) is 9.78 Å². The minimum atomic E-state index is -4.71. The van der Waals surface area contributed by atoms with Crippen LogP contribution in [0.4, 0.5) is 26.3 Å². The highest BCUT2D eigenvalue weighted by Crippen LogP contribution is 2.34. The highest BCUT2D eigenvalue weighted by atomic mass is 19.4. The van der Waals surface area contributed by atoms with E-state index in [4.69, 9.17) is 5.11 Å². The van der Waals surface area contributed by atoms with Gasteiger partial charge >= 0.3 is 18.3 Å². The molecule has 2 aromatic rings. The number of aryl methyl sites for hydroxylation is 1. The van der Waals surface area contributed by atoms with Gasteiger partial charge in [-0.15, -0.1) is 0 Å². The van der Waals surface area contributed by atoms with Crippen molar-refractivity contribution in [2.24, 2.45) is 0 Å². The van der Waals surface area contributed by atoms with Crippen LogP contribution in [-0.2, 0) is 0 Å². The lowest BCUT2D eigenvalue weighted by atomic mass is 10.1. The SMILES string of the molecule is Cc1cc(C(=O)O)nc2c(OCC(F)(F)F)cc(OCC(F)(F)F)cc12. The Morgan fingerprint density at radius 3 is 2.15 bits per heavy atom. The summed E-state index contributed by atoms with van der Waals surface area (Å²) >= 11 is 0. The van der Waals surface area contributed by atoms with Crippen molar-refractivity contribution in [1.29, 1.82) is 0 Å². The molecule has 0 aliphatic rings. The average molecular weight is 383 g/mol. The third-order valence-electron chi connectivity index (χ3n) is 3.07. The van der Waals surface area contributed by atoms with Gasteiger partial charge in [-0.3, -0.25) is 0 Å². The molecule has 0 fully saturated rings. The fourth-order valence-electron chi connectivity index (χ4n) is 2.06. The van der Waals surface area contributed by atoms with E-state index in [-0.39, 0.29) is 22.2 Å². The van der Waals surface area contributed by atoms with Crippen LogP contribution >= 0.6 is 0 Å². The normalized spacial score (nSPS) is 12.3. The number of aromatic carboxylic acids is 1. The van der Waals surface area contributed by atoms with Gasteiger partial charge in [-0.1, -0.05) is 0 Å². The summed E-state index contributed by atoms with van der Waals surface area (Å²) in [6, 6.07) is 3.05. The second kappa shape index (κ2) is 6.89. The number of carboxylic acid groups (broad SMARTS) is 1. The van der Waals surface area contributed by atoms with Crippen molar-refractivity contribution in [3.63, 3.8) is 0 Å². The molecule has 0 aliphatic heterocycles. The van der Waals surface area contributed by atoms with Gasteiger partial charge in [0.25, 0.3) is 0 Å². The van der Waals surface area contributed by atoms with Crippen LogP contribution in [0.3, 0.4) is 0 Å². The van der Waals surface area contributed by atoms with Crippen LogP contribution in [-0.4, -0.2) is 41.6 Å². The third-order valence-corrected chi connectivity index (χ3v) is 3.07. The zero-order valence-corrected chi connectivity index (χ0v) is 13.0. The molecule has 0 spiro atoms. The molecule has 0 bridgehead atoms. The Hall–Kier alpha value is -2.72. The first-order valence-electron chi connectivity index (χ1n) is 6.93. The maximum Gasteiger partial charge on any atom is 0.422 e. The lowest BCUT2D eigenvalue weighted by Crippen LogP contribution is -2.20. The smallest absolute Gasteiger partial charge is 0.422 e. The number of fused-ring (bicyclic) bond motifs is 1. The van der Waals surface area contributed by atoms with Crippen molar-refractivity contribution in [3.05, 3.63) is 29.5 Å². The summed E-state index contributed by atoms with van der Waals surface area (Å²) < 4.78 is 83.3.